The molecule has 0 bridgehead atoms. The van der Waals surface area contributed by atoms with Gasteiger partial charge in [0.05, 0.1) is 4.92 Å². The molecule has 0 saturated heterocycles. The highest BCUT2D eigenvalue weighted by Crippen LogP contribution is 2.12. The second-order valence-electron chi connectivity index (χ2n) is 2.49. The van der Waals surface area contributed by atoms with Crippen LogP contribution < -0.4 is 0 Å². The Morgan fingerprint density at radius 2 is 2.00 bits per heavy atom. The molecule has 13 heavy (non-hydrogen) atoms. The van der Waals surface area contributed by atoms with Crippen LogP contribution in [0.5, 0.6) is 0 Å². The molecule has 4 heteroatoms. The molecule has 1 aromatic rings. The van der Waals surface area contributed by atoms with Gasteiger partial charge in [0.25, 0.3) is 5.69 Å². The van der Waals surface area contributed by atoms with Gasteiger partial charge in [-0.2, -0.15) is 0 Å². The highest BCUT2D eigenvalue weighted by Gasteiger charge is 2.02. The fraction of sp³-hybridized carbons (Fsp3) is 0.111. The van der Waals surface area contributed by atoms with Crippen LogP contribution in [0.25, 0.3) is 0 Å². The van der Waals surface area contributed by atoms with E-state index in [2.05, 4.69) is 15.9 Å². The third-order valence-electron chi connectivity index (χ3n) is 1.59. The van der Waals surface area contributed by atoms with Gasteiger partial charge in [-0.05, 0) is 17.0 Å². The largest absolute Gasteiger partial charge is 0.269 e. The molecule has 0 radical (unpaired) electrons. The molecule has 1 rings (SSSR count). The highest BCUT2D eigenvalue weighted by atomic mass is 79.9. The van der Waals surface area contributed by atoms with Crippen molar-refractivity contribution in [2.24, 2.45) is 0 Å². The zero-order valence-corrected chi connectivity index (χ0v) is 8.40. The van der Waals surface area contributed by atoms with Crippen LogP contribution in [0.2, 0.25) is 0 Å². The van der Waals surface area contributed by atoms with E-state index in [4.69, 9.17) is 0 Å². The fourth-order valence-corrected chi connectivity index (χ4v) is 1.12. The van der Waals surface area contributed by atoms with Gasteiger partial charge in [-0.1, -0.05) is 34.1 Å². The number of rotatable bonds is 3. The van der Waals surface area contributed by atoms with Gasteiger partial charge >= 0.3 is 0 Å². The number of nitro groups is 1. The van der Waals surface area contributed by atoms with Crippen LogP contribution in [0.1, 0.15) is 5.56 Å². The highest BCUT2D eigenvalue weighted by molar-refractivity contribution is 9.11. The van der Waals surface area contributed by atoms with E-state index in [0.717, 1.165) is 12.0 Å². The first kappa shape index (κ1) is 9.92. The van der Waals surface area contributed by atoms with E-state index in [1.54, 1.807) is 17.1 Å². The minimum absolute atomic E-state index is 0.131. The topological polar surface area (TPSA) is 43.1 Å². The van der Waals surface area contributed by atoms with Crippen molar-refractivity contribution in [3.8, 4) is 0 Å². The maximum atomic E-state index is 10.3. The number of hydrogen-bond donors (Lipinski definition) is 0. The quantitative estimate of drug-likeness (QED) is 0.603. The summed E-state index contributed by atoms with van der Waals surface area (Å²) in [4.78, 5) is 11.7. The minimum atomic E-state index is -0.399. The number of halogens is 1. The van der Waals surface area contributed by atoms with Gasteiger partial charge in [-0.3, -0.25) is 10.1 Å². The van der Waals surface area contributed by atoms with Crippen molar-refractivity contribution in [2.75, 3.05) is 0 Å². The first-order valence-corrected chi connectivity index (χ1v) is 4.64. The molecule has 0 saturated carbocycles. The van der Waals surface area contributed by atoms with E-state index < -0.39 is 4.92 Å². The molecule has 0 aliphatic rings. The van der Waals surface area contributed by atoms with Gasteiger partial charge in [-0.15, -0.1) is 0 Å². The Kier molecular flexibility index (Phi) is 3.64. The summed E-state index contributed by atoms with van der Waals surface area (Å²) in [5.41, 5.74) is 1.19. The molecule has 0 heterocycles. The van der Waals surface area contributed by atoms with Crippen molar-refractivity contribution in [1.82, 2.24) is 0 Å². The van der Waals surface area contributed by atoms with Gasteiger partial charge in [0, 0.05) is 12.1 Å². The van der Waals surface area contributed by atoms with E-state index in [9.17, 15) is 10.1 Å². The Morgan fingerprint density at radius 3 is 2.46 bits per heavy atom. The Balaban J connectivity index is 2.75. The average Bonchev–Trinajstić information content (AvgIpc) is 2.15. The molecule has 0 spiro atoms. The third-order valence-corrected chi connectivity index (χ3v) is 1.96. The smallest absolute Gasteiger partial charge is 0.258 e. The Labute approximate surface area is 84.4 Å². The van der Waals surface area contributed by atoms with Gasteiger partial charge in [0.2, 0.25) is 0 Å². The first-order valence-electron chi connectivity index (χ1n) is 3.72. The van der Waals surface area contributed by atoms with E-state index in [0.29, 0.717) is 0 Å². The van der Waals surface area contributed by atoms with E-state index in [1.807, 2.05) is 6.08 Å². The Bertz CT molecular complexity index is 319. The van der Waals surface area contributed by atoms with Crippen molar-refractivity contribution in [3.05, 3.63) is 51.0 Å². The number of allylic oxidation sites excluding steroid dienone is 1. The van der Waals surface area contributed by atoms with Crippen LogP contribution in [0.3, 0.4) is 0 Å². The van der Waals surface area contributed by atoms with Gasteiger partial charge in [-0.25, -0.2) is 0 Å². The molecule has 0 fully saturated rings. The molecule has 0 atom stereocenters. The number of nitrogens with zero attached hydrogens (tertiary/aromatic N) is 1. The lowest BCUT2D eigenvalue weighted by Crippen LogP contribution is -1.88. The van der Waals surface area contributed by atoms with Crippen molar-refractivity contribution < 1.29 is 4.92 Å². The lowest BCUT2D eigenvalue weighted by atomic mass is 10.1. The monoisotopic (exact) mass is 241 g/mol. The second kappa shape index (κ2) is 4.77. The molecular weight excluding hydrogens is 234 g/mol. The van der Waals surface area contributed by atoms with Crippen LogP contribution in [0, 0.1) is 10.1 Å². The van der Waals surface area contributed by atoms with Gasteiger partial charge < -0.3 is 0 Å². The summed E-state index contributed by atoms with van der Waals surface area (Å²) in [6.07, 6.45) is 2.71. The molecule has 0 aliphatic heterocycles. The van der Waals surface area contributed by atoms with Gasteiger partial charge in [0.1, 0.15) is 0 Å². The number of non-ortho nitro benzene ring substituents is 1. The molecule has 0 unspecified atom stereocenters. The Hall–Kier alpha value is -1.16. The summed E-state index contributed by atoms with van der Waals surface area (Å²) in [6, 6.07) is 6.53. The maximum Gasteiger partial charge on any atom is 0.269 e. The van der Waals surface area contributed by atoms with Crippen molar-refractivity contribution in [3.63, 3.8) is 0 Å². The predicted molar refractivity (Wildman–Crippen MR) is 54.9 cm³/mol. The number of nitro benzene ring substituents is 1. The second-order valence-corrected chi connectivity index (χ2v) is 3.02. The van der Waals surface area contributed by atoms with Crippen molar-refractivity contribution in [1.29, 1.82) is 0 Å². The van der Waals surface area contributed by atoms with Gasteiger partial charge in [0.15, 0.2) is 0 Å². The molecular formula is C9H8BrNO2. The first-order chi connectivity index (χ1) is 6.24. The summed E-state index contributed by atoms with van der Waals surface area (Å²) >= 11 is 3.16. The van der Waals surface area contributed by atoms with Crippen LogP contribution >= 0.6 is 15.9 Å². The summed E-state index contributed by atoms with van der Waals surface area (Å²) in [7, 11) is 0. The van der Waals surface area contributed by atoms with Crippen LogP contribution in [0.15, 0.2) is 35.3 Å². The van der Waals surface area contributed by atoms with Crippen molar-refractivity contribution >= 4 is 21.6 Å². The zero-order chi connectivity index (χ0) is 9.68. The Morgan fingerprint density at radius 1 is 1.38 bits per heavy atom. The SMILES string of the molecule is O=[N+]([O-])c1ccc(C/C=C/Br)cc1. The van der Waals surface area contributed by atoms with E-state index >= 15 is 0 Å². The summed E-state index contributed by atoms with van der Waals surface area (Å²) in [5.74, 6) is 0. The lowest BCUT2D eigenvalue weighted by molar-refractivity contribution is -0.384. The predicted octanol–water partition coefficient (Wildman–Crippen LogP) is 3.05. The number of hydrogen-bond acceptors (Lipinski definition) is 2. The van der Waals surface area contributed by atoms with Crippen LogP contribution in [-0.4, -0.2) is 4.92 Å². The summed E-state index contributed by atoms with van der Waals surface area (Å²) in [5, 5.41) is 10.3. The van der Waals surface area contributed by atoms with Crippen molar-refractivity contribution in [2.45, 2.75) is 6.42 Å². The molecule has 3 nitrogen and oxygen atoms in total. The molecule has 0 aromatic heterocycles. The van der Waals surface area contributed by atoms with Crippen LogP contribution in [-0.2, 0) is 6.42 Å². The molecule has 1 aromatic carbocycles. The normalized spacial score (nSPS) is 10.5. The molecule has 0 N–H and O–H groups in total. The van der Waals surface area contributed by atoms with E-state index in [-0.39, 0.29) is 5.69 Å². The standard InChI is InChI=1S/C9H8BrNO2/c10-7-1-2-8-3-5-9(6-4-8)11(12)13/h1,3-7H,2H2/b7-1+. The number of benzene rings is 1. The maximum absolute atomic E-state index is 10.3. The van der Waals surface area contributed by atoms with Crippen LogP contribution in [0.4, 0.5) is 5.69 Å². The molecule has 68 valence electrons. The average molecular weight is 242 g/mol. The van der Waals surface area contributed by atoms with E-state index in [1.165, 1.54) is 12.1 Å². The third kappa shape index (κ3) is 2.99. The molecule has 0 amide bonds. The lowest BCUT2D eigenvalue weighted by Gasteiger charge is -1.94. The minimum Gasteiger partial charge on any atom is -0.258 e. The molecule has 0 aliphatic carbocycles. The summed E-state index contributed by atoms with van der Waals surface area (Å²) in [6.45, 7) is 0. The summed E-state index contributed by atoms with van der Waals surface area (Å²) < 4.78 is 0. The fourth-order valence-electron chi connectivity index (χ4n) is 0.934. The zero-order valence-electron chi connectivity index (χ0n) is 6.81.